The van der Waals surface area contributed by atoms with Crippen LogP contribution in [0.4, 0.5) is 19.5 Å². The Morgan fingerprint density at radius 3 is 2.51 bits per heavy atom. The molecule has 3 N–H and O–H groups in total. The third-order valence-corrected chi connectivity index (χ3v) is 8.34. The van der Waals surface area contributed by atoms with Gasteiger partial charge < -0.3 is 10.6 Å². The van der Waals surface area contributed by atoms with Crippen molar-refractivity contribution in [2.24, 2.45) is 0 Å². The van der Waals surface area contributed by atoms with Crippen molar-refractivity contribution in [3.05, 3.63) is 71.6 Å². The number of aryl methyl sites for hydroxylation is 1. The fourth-order valence-corrected chi connectivity index (χ4v) is 6.54. The minimum Gasteiger partial charge on any atom is -0.344 e. The molecule has 0 aliphatic carbocycles. The summed E-state index contributed by atoms with van der Waals surface area (Å²) in [5.74, 6) is -2.60. The number of carbonyl (C=O) groups excluding carboxylic acids is 2. The average molecular weight is 576 g/mol. The first-order valence-corrected chi connectivity index (χ1v) is 14.1. The number of amides is 2. The highest BCUT2D eigenvalue weighted by molar-refractivity contribution is 7.87. The second-order valence-corrected chi connectivity index (χ2v) is 11.4. The zero-order chi connectivity index (χ0) is 27.9. The molecule has 0 unspecified atom stereocenters. The predicted octanol–water partition coefficient (Wildman–Crippen LogP) is 3.58. The molecule has 3 heterocycles. The normalized spacial score (nSPS) is 14.2. The summed E-state index contributed by atoms with van der Waals surface area (Å²) >= 11 is 1.18. The first-order chi connectivity index (χ1) is 18.5. The van der Waals surface area contributed by atoms with Gasteiger partial charge >= 0.3 is 10.3 Å². The number of halogens is 2. The lowest BCUT2D eigenvalue weighted by Gasteiger charge is -2.24. The van der Waals surface area contributed by atoms with Gasteiger partial charge in [-0.3, -0.25) is 18.5 Å². The summed E-state index contributed by atoms with van der Waals surface area (Å²) in [5, 5.41) is 5.67. The minimum absolute atomic E-state index is 0.156. The maximum absolute atomic E-state index is 13.3. The Bertz CT molecular complexity index is 1660. The standard InChI is InChI=1S/C25H23F2N5O5S2/c1-14(28-22(33)11-15-9-17(26)12-18(27)10-15)23(34)29-19-6-4-16(5-7-19)20-13-31-21-3-2-8-32(39(35,36)37)24(21)38-25(31)30-20/h4-7,9-10,12-14H,2-3,8,11H2,1H3,(H,28,33)(H,29,34)(H,35,36,37)/t14-/m1/s1. The molecule has 5 rings (SSSR count). The van der Waals surface area contributed by atoms with E-state index in [1.165, 1.54) is 18.3 Å². The molecule has 0 spiro atoms. The van der Waals surface area contributed by atoms with Crippen molar-refractivity contribution in [1.82, 2.24) is 14.7 Å². The number of nitrogens with one attached hydrogen (secondary N) is 2. The van der Waals surface area contributed by atoms with Gasteiger partial charge in [0.2, 0.25) is 11.8 Å². The summed E-state index contributed by atoms with van der Waals surface area (Å²) in [6.07, 6.45) is 2.74. The summed E-state index contributed by atoms with van der Waals surface area (Å²) < 4.78 is 62.5. The number of hydrogen-bond acceptors (Lipinski definition) is 6. The molecule has 0 bridgehead atoms. The van der Waals surface area contributed by atoms with Crippen molar-refractivity contribution >= 4 is 49.1 Å². The number of imidazole rings is 1. The highest BCUT2D eigenvalue weighted by Gasteiger charge is 2.30. The fraction of sp³-hybridized carbons (Fsp3) is 0.240. The number of aromatic nitrogens is 2. The van der Waals surface area contributed by atoms with E-state index in [2.05, 4.69) is 15.6 Å². The largest absolute Gasteiger partial charge is 0.360 e. The van der Waals surface area contributed by atoms with Gasteiger partial charge in [-0.25, -0.2) is 18.1 Å². The number of nitrogens with zero attached hydrogens (tertiary/aromatic N) is 3. The molecule has 0 saturated carbocycles. The molecular weight excluding hydrogens is 552 g/mol. The van der Waals surface area contributed by atoms with Crippen LogP contribution >= 0.6 is 11.3 Å². The summed E-state index contributed by atoms with van der Waals surface area (Å²) in [4.78, 5) is 30.0. The van der Waals surface area contributed by atoms with Crippen molar-refractivity contribution in [3.63, 3.8) is 0 Å². The Morgan fingerprint density at radius 1 is 1.15 bits per heavy atom. The van der Waals surface area contributed by atoms with Gasteiger partial charge in [-0.1, -0.05) is 23.5 Å². The van der Waals surface area contributed by atoms with Crippen LogP contribution in [0.3, 0.4) is 0 Å². The van der Waals surface area contributed by atoms with Gasteiger partial charge in [0.1, 0.15) is 22.7 Å². The second-order valence-electron chi connectivity index (χ2n) is 9.10. The SMILES string of the molecule is C[C@@H](NC(=O)Cc1cc(F)cc(F)c1)C(=O)Nc1ccc(-c2cn3c4c(sc3n2)N(S(=O)(=O)O)CCC4)cc1. The van der Waals surface area contributed by atoms with E-state index < -0.39 is 39.8 Å². The quantitative estimate of drug-likeness (QED) is 0.289. The summed E-state index contributed by atoms with van der Waals surface area (Å²) in [7, 11) is -4.35. The summed E-state index contributed by atoms with van der Waals surface area (Å²) in [6.45, 7) is 1.71. The number of carbonyl (C=O) groups is 2. The second kappa shape index (κ2) is 10.4. The van der Waals surface area contributed by atoms with E-state index in [9.17, 15) is 31.3 Å². The van der Waals surface area contributed by atoms with Crippen LogP contribution in [0.25, 0.3) is 16.2 Å². The Kier molecular flexibility index (Phi) is 7.09. The van der Waals surface area contributed by atoms with Crippen molar-refractivity contribution in [3.8, 4) is 11.3 Å². The predicted molar refractivity (Wildman–Crippen MR) is 142 cm³/mol. The first-order valence-electron chi connectivity index (χ1n) is 11.9. The number of hydrogen-bond donors (Lipinski definition) is 3. The molecule has 1 atom stereocenters. The van der Waals surface area contributed by atoms with E-state index in [1.807, 2.05) is 4.40 Å². The van der Waals surface area contributed by atoms with Gasteiger partial charge in [0.15, 0.2) is 4.96 Å². The van der Waals surface area contributed by atoms with Gasteiger partial charge in [-0.2, -0.15) is 8.42 Å². The molecule has 2 aromatic heterocycles. The number of rotatable bonds is 7. The van der Waals surface area contributed by atoms with E-state index in [0.29, 0.717) is 40.3 Å². The summed E-state index contributed by atoms with van der Waals surface area (Å²) in [6, 6.07) is 8.82. The topological polar surface area (TPSA) is 133 Å². The molecular formula is C25H23F2N5O5S2. The molecule has 0 radical (unpaired) electrons. The van der Waals surface area contributed by atoms with Crippen LogP contribution < -0.4 is 14.9 Å². The average Bonchev–Trinajstić information content (AvgIpc) is 3.41. The summed E-state index contributed by atoms with van der Waals surface area (Å²) in [5.41, 5.74) is 2.83. The number of benzene rings is 2. The molecule has 39 heavy (non-hydrogen) atoms. The van der Waals surface area contributed by atoms with Crippen LogP contribution in [-0.2, 0) is 32.7 Å². The molecule has 204 valence electrons. The van der Waals surface area contributed by atoms with E-state index in [-0.39, 0.29) is 18.5 Å². The lowest BCUT2D eigenvalue weighted by atomic mass is 10.1. The van der Waals surface area contributed by atoms with Crippen molar-refractivity contribution in [1.29, 1.82) is 0 Å². The van der Waals surface area contributed by atoms with Gasteiger partial charge in [0, 0.05) is 30.1 Å². The smallest absolute Gasteiger partial charge is 0.344 e. The highest BCUT2D eigenvalue weighted by Crippen LogP contribution is 2.38. The van der Waals surface area contributed by atoms with E-state index in [0.717, 1.165) is 27.7 Å². The maximum atomic E-state index is 13.3. The van der Waals surface area contributed by atoms with Gasteiger partial charge in [0.25, 0.3) is 0 Å². The van der Waals surface area contributed by atoms with Gasteiger partial charge in [-0.15, -0.1) is 0 Å². The van der Waals surface area contributed by atoms with Crippen molar-refractivity contribution < 1.29 is 31.3 Å². The van der Waals surface area contributed by atoms with Gasteiger partial charge in [-0.05, 0) is 49.6 Å². The van der Waals surface area contributed by atoms with Crippen molar-refractivity contribution in [2.45, 2.75) is 32.2 Å². The fourth-order valence-electron chi connectivity index (χ4n) is 4.38. The molecule has 0 fully saturated rings. The lowest BCUT2D eigenvalue weighted by molar-refractivity contribution is -0.125. The molecule has 4 aromatic rings. The van der Waals surface area contributed by atoms with Crippen LogP contribution in [0.1, 0.15) is 24.6 Å². The third-order valence-electron chi connectivity index (χ3n) is 6.18. The number of fused-ring (bicyclic) bond motifs is 3. The Hall–Kier alpha value is -3.88. The first kappa shape index (κ1) is 26.7. The van der Waals surface area contributed by atoms with Gasteiger partial charge in [0.05, 0.1) is 17.8 Å². The lowest BCUT2D eigenvalue weighted by Crippen LogP contribution is -2.42. The highest BCUT2D eigenvalue weighted by atomic mass is 32.2. The van der Waals surface area contributed by atoms with Crippen LogP contribution in [0, 0.1) is 11.6 Å². The van der Waals surface area contributed by atoms with E-state index in [1.54, 1.807) is 30.5 Å². The Balaban J connectivity index is 1.23. The molecule has 2 amide bonds. The monoisotopic (exact) mass is 575 g/mol. The Morgan fingerprint density at radius 2 is 1.85 bits per heavy atom. The van der Waals surface area contributed by atoms with Crippen LogP contribution in [0.2, 0.25) is 0 Å². The number of thiazole rings is 1. The molecule has 0 saturated heterocycles. The van der Waals surface area contributed by atoms with Crippen LogP contribution in [-0.4, -0.2) is 46.8 Å². The van der Waals surface area contributed by atoms with Crippen LogP contribution in [0.5, 0.6) is 0 Å². The molecule has 1 aliphatic heterocycles. The zero-order valence-corrected chi connectivity index (χ0v) is 22.2. The Labute approximate surface area is 226 Å². The molecule has 14 heteroatoms. The minimum atomic E-state index is -4.35. The third kappa shape index (κ3) is 5.77. The molecule has 1 aliphatic rings. The molecule has 2 aromatic carbocycles. The number of anilines is 2. The van der Waals surface area contributed by atoms with E-state index in [4.69, 9.17) is 0 Å². The van der Waals surface area contributed by atoms with E-state index >= 15 is 0 Å². The van der Waals surface area contributed by atoms with Crippen LogP contribution in [0.15, 0.2) is 48.7 Å². The molecule has 10 nitrogen and oxygen atoms in total. The van der Waals surface area contributed by atoms with Crippen molar-refractivity contribution in [2.75, 3.05) is 16.2 Å². The zero-order valence-electron chi connectivity index (χ0n) is 20.5. The maximum Gasteiger partial charge on any atom is 0.360 e.